The molecule has 0 spiro atoms. The number of furan rings is 1. The fraction of sp³-hybridized carbons (Fsp3) is 0.533. The molecule has 1 atom stereocenters. The Morgan fingerprint density at radius 1 is 1.41 bits per heavy atom. The van der Waals surface area contributed by atoms with Gasteiger partial charge in [0.1, 0.15) is 5.76 Å². The van der Waals surface area contributed by atoms with E-state index in [9.17, 15) is 8.42 Å². The van der Waals surface area contributed by atoms with Crippen LogP contribution in [0.3, 0.4) is 0 Å². The second-order valence-corrected chi connectivity index (χ2v) is 8.06. The van der Waals surface area contributed by atoms with Gasteiger partial charge in [-0.1, -0.05) is 0 Å². The highest BCUT2D eigenvalue weighted by molar-refractivity contribution is 7.91. The third-order valence-corrected chi connectivity index (χ3v) is 5.96. The summed E-state index contributed by atoms with van der Waals surface area (Å²) < 4.78 is 30.5. The van der Waals surface area contributed by atoms with Gasteiger partial charge in [0.2, 0.25) is 0 Å². The van der Waals surface area contributed by atoms with Gasteiger partial charge in [0, 0.05) is 17.8 Å². The maximum atomic E-state index is 11.7. The van der Waals surface area contributed by atoms with Crippen molar-refractivity contribution in [3.05, 3.63) is 41.1 Å². The number of nitrogens with zero attached hydrogens (tertiary/aromatic N) is 2. The minimum Gasteiger partial charge on any atom is -0.468 e. The number of aryl methyl sites for hydroxylation is 1. The number of hydrogen-bond acceptors (Lipinski definition) is 5. The summed E-state index contributed by atoms with van der Waals surface area (Å²) in [6.45, 7) is 5.33. The zero-order valence-corrected chi connectivity index (χ0v) is 13.7. The molecule has 0 aromatic carbocycles. The maximum Gasteiger partial charge on any atom is 0.152 e. The van der Waals surface area contributed by atoms with Gasteiger partial charge in [-0.25, -0.2) is 8.42 Å². The quantitative estimate of drug-likeness (QED) is 0.907. The molecule has 0 saturated carbocycles. The first-order chi connectivity index (χ1) is 10.5. The van der Waals surface area contributed by atoms with Crippen LogP contribution in [0.15, 0.2) is 22.8 Å². The van der Waals surface area contributed by atoms with Gasteiger partial charge in [0.05, 0.1) is 36.0 Å². The van der Waals surface area contributed by atoms with E-state index in [-0.39, 0.29) is 17.5 Å². The molecule has 2 aromatic rings. The molecule has 1 saturated heterocycles. The average molecular weight is 323 g/mol. The summed E-state index contributed by atoms with van der Waals surface area (Å²) in [4.78, 5) is 0. The Bertz CT molecular complexity index is 747. The van der Waals surface area contributed by atoms with E-state index in [4.69, 9.17) is 4.42 Å². The minimum atomic E-state index is -2.90. The summed E-state index contributed by atoms with van der Waals surface area (Å²) in [5.41, 5.74) is 3.14. The van der Waals surface area contributed by atoms with Crippen molar-refractivity contribution in [3.63, 3.8) is 0 Å². The summed E-state index contributed by atoms with van der Waals surface area (Å²) in [6, 6.07) is 3.77. The highest BCUT2D eigenvalue weighted by Crippen LogP contribution is 2.26. The molecule has 3 heterocycles. The van der Waals surface area contributed by atoms with Gasteiger partial charge < -0.3 is 9.73 Å². The van der Waals surface area contributed by atoms with Gasteiger partial charge in [-0.3, -0.25) is 4.68 Å². The van der Waals surface area contributed by atoms with Crippen molar-refractivity contribution < 1.29 is 12.8 Å². The van der Waals surface area contributed by atoms with Gasteiger partial charge in [0.25, 0.3) is 0 Å². The first-order valence-corrected chi connectivity index (χ1v) is 9.26. The molecule has 1 N–H and O–H groups in total. The summed E-state index contributed by atoms with van der Waals surface area (Å²) in [5.74, 6) is 1.36. The molecule has 0 amide bonds. The third-order valence-electron chi connectivity index (χ3n) is 4.21. The molecule has 1 unspecified atom stereocenters. The van der Waals surface area contributed by atoms with Crippen LogP contribution in [0.25, 0.3) is 0 Å². The van der Waals surface area contributed by atoms with Gasteiger partial charge in [-0.05, 0) is 32.4 Å². The van der Waals surface area contributed by atoms with Crippen molar-refractivity contribution in [1.29, 1.82) is 0 Å². The van der Waals surface area contributed by atoms with Crippen LogP contribution in [-0.4, -0.2) is 29.7 Å². The van der Waals surface area contributed by atoms with E-state index in [1.54, 1.807) is 6.26 Å². The molecule has 1 aliphatic rings. The van der Waals surface area contributed by atoms with E-state index < -0.39 is 9.84 Å². The molecule has 22 heavy (non-hydrogen) atoms. The van der Waals surface area contributed by atoms with E-state index >= 15 is 0 Å². The van der Waals surface area contributed by atoms with Crippen LogP contribution in [0.2, 0.25) is 0 Å². The van der Waals surface area contributed by atoms with Crippen molar-refractivity contribution in [2.45, 2.75) is 39.4 Å². The highest BCUT2D eigenvalue weighted by atomic mass is 32.2. The smallest absolute Gasteiger partial charge is 0.152 e. The largest absolute Gasteiger partial charge is 0.468 e. The first kappa shape index (κ1) is 15.3. The van der Waals surface area contributed by atoms with Gasteiger partial charge in [-0.2, -0.15) is 5.10 Å². The molecular weight excluding hydrogens is 302 g/mol. The van der Waals surface area contributed by atoms with Gasteiger partial charge in [-0.15, -0.1) is 0 Å². The van der Waals surface area contributed by atoms with E-state index in [1.165, 1.54) is 0 Å². The van der Waals surface area contributed by atoms with Crippen molar-refractivity contribution >= 4 is 9.84 Å². The Morgan fingerprint density at radius 3 is 2.86 bits per heavy atom. The Morgan fingerprint density at radius 2 is 2.23 bits per heavy atom. The number of nitrogens with one attached hydrogen (secondary N) is 1. The zero-order chi connectivity index (χ0) is 15.7. The lowest BCUT2D eigenvalue weighted by molar-refractivity contribution is 0.479. The molecule has 7 heteroatoms. The van der Waals surface area contributed by atoms with E-state index in [1.807, 2.05) is 30.7 Å². The van der Waals surface area contributed by atoms with Crippen LogP contribution in [0, 0.1) is 13.8 Å². The lowest BCUT2D eigenvalue weighted by Gasteiger charge is -2.11. The minimum absolute atomic E-state index is 0.0254. The van der Waals surface area contributed by atoms with Crippen molar-refractivity contribution in [1.82, 2.24) is 15.1 Å². The molecule has 120 valence electrons. The van der Waals surface area contributed by atoms with Crippen LogP contribution in [0.5, 0.6) is 0 Å². The van der Waals surface area contributed by atoms with Crippen LogP contribution < -0.4 is 5.32 Å². The normalized spacial score (nSPS) is 20.5. The number of hydrogen-bond donors (Lipinski definition) is 1. The standard InChI is InChI=1S/C15H21N3O3S/c1-11-15(9-16-8-14-4-3-6-21-14)12(2)18(17-11)13-5-7-22(19,20)10-13/h3-4,6,13,16H,5,7-10H2,1-2H3. The van der Waals surface area contributed by atoms with Crippen molar-refractivity contribution in [3.8, 4) is 0 Å². The highest BCUT2D eigenvalue weighted by Gasteiger charge is 2.31. The summed E-state index contributed by atoms with van der Waals surface area (Å²) in [7, 11) is -2.90. The fourth-order valence-electron chi connectivity index (χ4n) is 3.00. The Labute approximate surface area is 130 Å². The lowest BCUT2D eigenvalue weighted by Crippen LogP contribution is -2.15. The van der Waals surface area contributed by atoms with Crippen LogP contribution >= 0.6 is 0 Å². The van der Waals surface area contributed by atoms with Gasteiger partial charge in [0.15, 0.2) is 9.84 Å². The first-order valence-electron chi connectivity index (χ1n) is 7.44. The molecular formula is C15H21N3O3S. The molecule has 3 rings (SSSR count). The van der Waals surface area contributed by atoms with Crippen molar-refractivity contribution in [2.24, 2.45) is 0 Å². The molecule has 6 nitrogen and oxygen atoms in total. The summed E-state index contributed by atoms with van der Waals surface area (Å²) in [5, 5.41) is 7.90. The zero-order valence-electron chi connectivity index (χ0n) is 12.9. The van der Waals surface area contributed by atoms with Crippen LogP contribution in [-0.2, 0) is 22.9 Å². The SMILES string of the molecule is Cc1nn(C2CCS(=O)(=O)C2)c(C)c1CNCc1ccco1. The van der Waals surface area contributed by atoms with E-state index in [2.05, 4.69) is 10.4 Å². The summed E-state index contributed by atoms with van der Waals surface area (Å²) in [6.07, 6.45) is 2.32. The predicted octanol–water partition coefficient (Wildman–Crippen LogP) is 1.74. The monoisotopic (exact) mass is 323 g/mol. The number of sulfone groups is 1. The molecule has 1 fully saturated rings. The topological polar surface area (TPSA) is 77.1 Å². The lowest BCUT2D eigenvalue weighted by atomic mass is 10.2. The van der Waals surface area contributed by atoms with Crippen molar-refractivity contribution in [2.75, 3.05) is 11.5 Å². The van der Waals surface area contributed by atoms with E-state index in [0.717, 1.165) is 22.7 Å². The van der Waals surface area contributed by atoms with Crippen LogP contribution in [0.1, 0.15) is 35.2 Å². The number of aromatic nitrogens is 2. The Balaban J connectivity index is 1.70. The fourth-order valence-corrected chi connectivity index (χ4v) is 4.69. The molecule has 1 aliphatic heterocycles. The maximum absolute atomic E-state index is 11.7. The molecule has 0 aliphatic carbocycles. The van der Waals surface area contributed by atoms with Crippen LogP contribution in [0.4, 0.5) is 0 Å². The van der Waals surface area contributed by atoms with Gasteiger partial charge >= 0.3 is 0 Å². The third kappa shape index (κ3) is 3.10. The second kappa shape index (κ2) is 5.89. The van der Waals surface area contributed by atoms with E-state index in [0.29, 0.717) is 19.5 Å². The average Bonchev–Trinajstić information content (AvgIpc) is 3.14. The Hall–Kier alpha value is -1.60. The molecule has 0 bridgehead atoms. The molecule has 0 radical (unpaired) electrons. The Kier molecular flexibility index (Phi) is 4.10. The number of rotatable bonds is 5. The predicted molar refractivity (Wildman–Crippen MR) is 83.3 cm³/mol. The second-order valence-electron chi connectivity index (χ2n) is 5.83. The summed E-state index contributed by atoms with van der Waals surface area (Å²) >= 11 is 0. The molecule has 2 aromatic heterocycles.